The van der Waals surface area contributed by atoms with Crippen molar-refractivity contribution in [1.29, 1.82) is 0 Å². The van der Waals surface area contributed by atoms with Gasteiger partial charge in [0.15, 0.2) is 11.5 Å². The molecule has 0 saturated heterocycles. The van der Waals surface area contributed by atoms with E-state index in [0.29, 0.717) is 18.9 Å². The molecular weight excluding hydrogens is 228 g/mol. The van der Waals surface area contributed by atoms with Crippen LogP contribution >= 0.6 is 0 Å². The lowest BCUT2D eigenvalue weighted by Gasteiger charge is -2.12. The summed E-state index contributed by atoms with van der Waals surface area (Å²) < 4.78 is 33.9. The van der Waals surface area contributed by atoms with Gasteiger partial charge in [0.1, 0.15) is 0 Å². The summed E-state index contributed by atoms with van der Waals surface area (Å²) in [7, 11) is 0. The van der Waals surface area contributed by atoms with Crippen molar-refractivity contribution in [1.82, 2.24) is 0 Å². The van der Waals surface area contributed by atoms with Gasteiger partial charge in [0.05, 0.1) is 6.61 Å². The van der Waals surface area contributed by atoms with E-state index in [-0.39, 0.29) is 5.75 Å². The normalized spacial score (nSPS) is 10.6. The van der Waals surface area contributed by atoms with Crippen LogP contribution in [0.25, 0.3) is 0 Å². The Labute approximate surface area is 99.5 Å². The lowest BCUT2D eigenvalue weighted by Crippen LogP contribution is -2.05. The molecule has 0 atom stereocenters. The molecule has 0 aliphatic rings. The van der Waals surface area contributed by atoms with Crippen molar-refractivity contribution in [2.45, 2.75) is 26.4 Å². The van der Waals surface area contributed by atoms with Gasteiger partial charge in [-0.1, -0.05) is 6.07 Å². The van der Waals surface area contributed by atoms with Gasteiger partial charge in [-0.2, -0.15) is 8.78 Å². The van der Waals surface area contributed by atoms with Crippen molar-refractivity contribution in [2.75, 3.05) is 13.2 Å². The van der Waals surface area contributed by atoms with E-state index in [9.17, 15) is 8.78 Å². The fraction of sp³-hybridized carbons (Fsp3) is 0.500. The molecule has 0 fully saturated rings. The maximum Gasteiger partial charge on any atom is 0.387 e. The summed E-state index contributed by atoms with van der Waals surface area (Å²) in [5.74, 6) is 0.417. The second-order valence-corrected chi connectivity index (χ2v) is 3.48. The van der Waals surface area contributed by atoms with E-state index >= 15 is 0 Å². The third-order valence-corrected chi connectivity index (χ3v) is 2.19. The minimum Gasteiger partial charge on any atom is -0.490 e. The summed E-state index contributed by atoms with van der Waals surface area (Å²) in [6, 6.07) is 4.97. The van der Waals surface area contributed by atoms with Crippen molar-refractivity contribution < 1.29 is 18.3 Å². The number of alkyl halides is 2. The van der Waals surface area contributed by atoms with Gasteiger partial charge in [-0.15, -0.1) is 0 Å². The Balaban J connectivity index is 2.83. The van der Waals surface area contributed by atoms with Gasteiger partial charge in [-0.25, -0.2) is 0 Å². The van der Waals surface area contributed by atoms with Crippen molar-refractivity contribution >= 4 is 0 Å². The summed E-state index contributed by atoms with van der Waals surface area (Å²) in [5, 5.41) is 0. The van der Waals surface area contributed by atoms with Crippen LogP contribution in [0.5, 0.6) is 11.5 Å². The summed E-state index contributed by atoms with van der Waals surface area (Å²) >= 11 is 0. The minimum atomic E-state index is -2.84. The van der Waals surface area contributed by atoms with Crippen LogP contribution in [-0.2, 0) is 6.42 Å². The van der Waals surface area contributed by atoms with Crippen LogP contribution in [0.15, 0.2) is 18.2 Å². The summed E-state index contributed by atoms with van der Waals surface area (Å²) in [4.78, 5) is 0. The molecule has 1 aromatic rings. The van der Waals surface area contributed by atoms with Crippen LogP contribution in [0.3, 0.4) is 0 Å². The maximum atomic E-state index is 12.1. The first-order valence-electron chi connectivity index (χ1n) is 5.58. The summed E-state index contributed by atoms with van der Waals surface area (Å²) in [6.07, 6.45) is 1.64. The Morgan fingerprint density at radius 3 is 2.65 bits per heavy atom. The van der Waals surface area contributed by atoms with Crippen LogP contribution in [0.2, 0.25) is 0 Å². The predicted octanol–water partition coefficient (Wildman–Crippen LogP) is 2.58. The van der Waals surface area contributed by atoms with E-state index in [0.717, 1.165) is 18.4 Å². The number of hydrogen-bond acceptors (Lipinski definition) is 3. The monoisotopic (exact) mass is 245 g/mol. The molecule has 96 valence electrons. The second kappa shape index (κ2) is 7.06. The number of hydrogen-bond donors (Lipinski definition) is 1. The van der Waals surface area contributed by atoms with E-state index in [4.69, 9.17) is 10.5 Å². The van der Waals surface area contributed by atoms with Crippen LogP contribution < -0.4 is 15.2 Å². The molecule has 0 spiro atoms. The fourth-order valence-corrected chi connectivity index (χ4v) is 1.48. The fourth-order valence-electron chi connectivity index (χ4n) is 1.48. The highest BCUT2D eigenvalue weighted by Crippen LogP contribution is 2.30. The third kappa shape index (κ3) is 4.56. The smallest absolute Gasteiger partial charge is 0.387 e. The highest BCUT2D eigenvalue weighted by Gasteiger charge is 2.11. The molecule has 17 heavy (non-hydrogen) atoms. The molecule has 0 aliphatic carbocycles. The van der Waals surface area contributed by atoms with E-state index in [1.807, 2.05) is 0 Å². The Morgan fingerprint density at radius 1 is 1.29 bits per heavy atom. The van der Waals surface area contributed by atoms with Crippen LogP contribution in [-0.4, -0.2) is 19.8 Å². The predicted molar refractivity (Wildman–Crippen MR) is 61.6 cm³/mol. The Hall–Kier alpha value is -1.36. The van der Waals surface area contributed by atoms with Gasteiger partial charge in [-0.3, -0.25) is 0 Å². The molecule has 0 bridgehead atoms. The van der Waals surface area contributed by atoms with E-state index in [1.165, 1.54) is 6.07 Å². The first-order chi connectivity index (χ1) is 8.17. The van der Waals surface area contributed by atoms with Crippen molar-refractivity contribution in [3.05, 3.63) is 23.8 Å². The molecular formula is C12H17F2NO2. The largest absolute Gasteiger partial charge is 0.490 e. The Kier molecular flexibility index (Phi) is 5.69. The number of ether oxygens (including phenoxy) is 2. The highest BCUT2D eigenvalue weighted by atomic mass is 19.3. The summed E-state index contributed by atoms with van der Waals surface area (Å²) in [5.41, 5.74) is 6.41. The van der Waals surface area contributed by atoms with Crippen molar-refractivity contribution in [2.24, 2.45) is 5.73 Å². The molecule has 0 amide bonds. The Morgan fingerprint density at radius 2 is 2.06 bits per heavy atom. The number of halogens is 2. The number of rotatable bonds is 7. The zero-order valence-corrected chi connectivity index (χ0v) is 9.79. The summed E-state index contributed by atoms with van der Waals surface area (Å²) in [6.45, 7) is -0.0538. The first-order valence-corrected chi connectivity index (χ1v) is 5.58. The number of nitrogens with two attached hydrogens (primary N) is 1. The van der Waals surface area contributed by atoms with Crippen molar-refractivity contribution in [3.63, 3.8) is 0 Å². The van der Waals surface area contributed by atoms with Gasteiger partial charge in [0.25, 0.3) is 0 Å². The van der Waals surface area contributed by atoms with Gasteiger partial charge < -0.3 is 15.2 Å². The van der Waals surface area contributed by atoms with Crippen LogP contribution in [0, 0.1) is 0 Å². The lowest BCUT2D eigenvalue weighted by atomic mass is 10.1. The molecule has 5 heteroatoms. The van der Waals surface area contributed by atoms with Crippen LogP contribution in [0.1, 0.15) is 18.9 Å². The minimum absolute atomic E-state index is 0.0679. The maximum absolute atomic E-state index is 12.1. The molecule has 0 radical (unpaired) electrons. The SMILES string of the molecule is CCOc1cc(CCCN)ccc1OC(F)F. The molecule has 1 rings (SSSR count). The molecule has 0 saturated carbocycles. The molecule has 0 unspecified atom stereocenters. The van der Waals surface area contributed by atoms with Crippen LogP contribution in [0.4, 0.5) is 8.78 Å². The average molecular weight is 245 g/mol. The zero-order chi connectivity index (χ0) is 12.7. The van der Waals surface area contributed by atoms with Gasteiger partial charge in [0, 0.05) is 0 Å². The molecule has 0 heterocycles. The molecule has 2 N–H and O–H groups in total. The highest BCUT2D eigenvalue weighted by molar-refractivity contribution is 5.43. The molecule has 0 aliphatic heterocycles. The number of aryl methyl sites for hydroxylation is 1. The second-order valence-electron chi connectivity index (χ2n) is 3.48. The van der Waals surface area contributed by atoms with Crippen molar-refractivity contribution in [3.8, 4) is 11.5 Å². The van der Waals surface area contributed by atoms with E-state index in [2.05, 4.69) is 4.74 Å². The van der Waals surface area contributed by atoms with Gasteiger partial charge >= 0.3 is 6.61 Å². The standard InChI is InChI=1S/C12H17F2NO2/c1-2-16-11-8-9(4-3-7-15)5-6-10(11)17-12(13)14/h5-6,8,12H,2-4,7,15H2,1H3. The van der Waals surface area contributed by atoms with Gasteiger partial charge in [-0.05, 0) is 44.0 Å². The van der Waals surface area contributed by atoms with E-state index in [1.54, 1.807) is 19.1 Å². The number of benzene rings is 1. The zero-order valence-electron chi connectivity index (χ0n) is 9.79. The lowest BCUT2D eigenvalue weighted by molar-refractivity contribution is -0.0514. The average Bonchev–Trinajstić information content (AvgIpc) is 2.29. The molecule has 1 aromatic carbocycles. The quantitative estimate of drug-likeness (QED) is 0.803. The van der Waals surface area contributed by atoms with Gasteiger partial charge in [0.2, 0.25) is 0 Å². The first kappa shape index (κ1) is 13.7. The third-order valence-electron chi connectivity index (χ3n) is 2.19. The molecule has 3 nitrogen and oxygen atoms in total. The van der Waals surface area contributed by atoms with E-state index < -0.39 is 6.61 Å². The Bertz CT molecular complexity index is 345. The molecule has 0 aromatic heterocycles. The topological polar surface area (TPSA) is 44.5 Å².